The Bertz CT molecular complexity index is 520. The fraction of sp³-hybridized carbons (Fsp3) is 0.0769. The Morgan fingerprint density at radius 3 is 2.50 bits per heavy atom. The molecule has 14 heavy (non-hydrogen) atoms. The summed E-state index contributed by atoms with van der Waals surface area (Å²) in [4.78, 5) is 0. The van der Waals surface area contributed by atoms with Gasteiger partial charge < -0.3 is 4.57 Å². The third-order valence-electron chi connectivity index (χ3n) is 2.32. The molecule has 0 saturated carbocycles. The van der Waals surface area contributed by atoms with E-state index in [2.05, 4.69) is 29.4 Å². The smallest absolute Gasteiger partial charge is 0.0479 e. The van der Waals surface area contributed by atoms with Crippen molar-refractivity contribution in [1.82, 2.24) is 4.57 Å². The fourth-order valence-electron chi connectivity index (χ4n) is 1.62. The number of nitrogens with zero attached hydrogens (tertiary/aromatic N) is 1. The molecule has 1 heteroatoms. The molecule has 0 N–H and O–H groups in total. The first-order chi connectivity index (χ1) is 6.83. The highest BCUT2D eigenvalue weighted by atomic mass is 15.0. The third-order valence-corrected chi connectivity index (χ3v) is 2.32. The van der Waals surface area contributed by atoms with Crippen molar-refractivity contribution in [3.8, 4) is 5.69 Å². The van der Waals surface area contributed by atoms with Gasteiger partial charge in [-0.05, 0) is 30.3 Å². The summed E-state index contributed by atoms with van der Waals surface area (Å²) in [5.74, 6) is 0. The summed E-state index contributed by atoms with van der Waals surface area (Å²) in [7, 11) is 0. The highest BCUT2D eigenvalue weighted by Gasteiger charge is 1.95. The first-order valence-corrected chi connectivity index (χ1v) is 4.71. The van der Waals surface area contributed by atoms with E-state index in [1.165, 1.54) is 5.69 Å². The molecule has 0 spiro atoms. The van der Waals surface area contributed by atoms with Crippen LogP contribution in [0.15, 0.2) is 42.6 Å². The summed E-state index contributed by atoms with van der Waals surface area (Å²) in [6.07, 6.45) is 4.13. The van der Waals surface area contributed by atoms with E-state index in [-0.39, 0.29) is 0 Å². The molecule has 0 fully saturated rings. The van der Waals surface area contributed by atoms with Crippen LogP contribution >= 0.6 is 0 Å². The van der Waals surface area contributed by atoms with E-state index in [1.54, 1.807) is 0 Å². The fourth-order valence-corrected chi connectivity index (χ4v) is 1.62. The predicted molar refractivity (Wildman–Crippen MR) is 60.7 cm³/mol. The first-order valence-electron chi connectivity index (χ1n) is 4.71. The number of benzene rings is 1. The molecule has 2 aromatic rings. The van der Waals surface area contributed by atoms with E-state index in [0.717, 1.165) is 10.6 Å². The molecule has 0 radical (unpaired) electrons. The second-order valence-electron chi connectivity index (χ2n) is 3.22. The van der Waals surface area contributed by atoms with Crippen LogP contribution in [0.5, 0.6) is 0 Å². The van der Waals surface area contributed by atoms with Crippen LogP contribution in [-0.4, -0.2) is 4.57 Å². The average Bonchev–Trinajstić information content (AvgIpc) is 2.61. The molecule has 1 aromatic heterocycles. The Hall–Kier alpha value is -1.76. The van der Waals surface area contributed by atoms with E-state index >= 15 is 0 Å². The van der Waals surface area contributed by atoms with Gasteiger partial charge in [0.05, 0.1) is 0 Å². The minimum atomic E-state index is 1.07. The van der Waals surface area contributed by atoms with E-state index in [4.69, 9.17) is 0 Å². The largest absolute Gasteiger partial charge is 0.317 e. The third kappa shape index (κ3) is 1.37. The Morgan fingerprint density at radius 2 is 1.86 bits per heavy atom. The van der Waals surface area contributed by atoms with Crippen LogP contribution in [0.3, 0.4) is 0 Å². The zero-order valence-corrected chi connectivity index (χ0v) is 8.27. The van der Waals surface area contributed by atoms with E-state index in [0.29, 0.717) is 0 Å². The summed E-state index contributed by atoms with van der Waals surface area (Å²) in [5.41, 5.74) is 1.18. The van der Waals surface area contributed by atoms with Crippen molar-refractivity contribution in [2.45, 2.75) is 6.92 Å². The van der Waals surface area contributed by atoms with Crippen molar-refractivity contribution in [3.05, 3.63) is 53.2 Å². The summed E-state index contributed by atoms with van der Waals surface area (Å²) < 4.78 is 2.14. The lowest BCUT2D eigenvalue weighted by Crippen LogP contribution is -2.26. The summed E-state index contributed by atoms with van der Waals surface area (Å²) in [5, 5.41) is 2.23. The van der Waals surface area contributed by atoms with Crippen molar-refractivity contribution in [2.75, 3.05) is 0 Å². The van der Waals surface area contributed by atoms with E-state index < -0.39 is 0 Å². The maximum Gasteiger partial charge on any atom is 0.0479 e. The van der Waals surface area contributed by atoms with Gasteiger partial charge in [-0.2, -0.15) is 0 Å². The maximum atomic E-state index is 3.99. The quantitative estimate of drug-likeness (QED) is 0.634. The molecular weight excluding hydrogens is 170 g/mol. The van der Waals surface area contributed by atoms with Gasteiger partial charge in [0.1, 0.15) is 0 Å². The Balaban J connectivity index is 2.70. The van der Waals surface area contributed by atoms with Gasteiger partial charge in [-0.1, -0.05) is 30.9 Å². The first kappa shape index (κ1) is 8.82. The average molecular weight is 183 g/mol. The van der Waals surface area contributed by atoms with Gasteiger partial charge in [0, 0.05) is 17.2 Å². The second-order valence-corrected chi connectivity index (χ2v) is 3.22. The van der Waals surface area contributed by atoms with Crippen LogP contribution in [-0.2, 0) is 0 Å². The molecular formula is C13H13N. The summed E-state index contributed by atoms with van der Waals surface area (Å²) >= 11 is 0. The van der Waals surface area contributed by atoms with E-state index in [1.807, 2.05) is 37.4 Å². The summed E-state index contributed by atoms with van der Waals surface area (Å²) in [6.45, 7) is 6.02. The molecule has 0 atom stereocenters. The van der Waals surface area contributed by atoms with Crippen molar-refractivity contribution in [2.24, 2.45) is 0 Å². The molecule has 0 aliphatic heterocycles. The topological polar surface area (TPSA) is 4.93 Å². The van der Waals surface area contributed by atoms with Crippen LogP contribution in [0, 0.1) is 0 Å². The molecule has 0 aliphatic rings. The number of hydrogen-bond donors (Lipinski definition) is 0. The van der Waals surface area contributed by atoms with Gasteiger partial charge in [-0.3, -0.25) is 0 Å². The Kier molecular flexibility index (Phi) is 2.23. The normalized spacial score (nSPS) is 11.9. The van der Waals surface area contributed by atoms with Crippen LogP contribution in [0.1, 0.15) is 6.92 Å². The number of aromatic nitrogens is 1. The molecule has 0 saturated heterocycles. The van der Waals surface area contributed by atoms with Gasteiger partial charge in [0.2, 0.25) is 0 Å². The number of hydrogen-bond acceptors (Lipinski definition) is 0. The Labute approximate surface area is 83.6 Å². The van der Waals surface area contributed by atoms with Gasteiger partial charge in [-0.15, -0.1) is 0 Å². The van der Waals surface area contributed by atoms with Crippen molar-refractivity contribution < 1.29 is 0 Å². The molecule has 70 valence electrons. The monoisotopic (exact) mass is 183 g/mol. The SMILES string of the molecule is C=c1ccn(-c2ccccc2)/c1=C/C. The highest BCUT2D eigenvalue weighted by molar-refractivity contribution is 5.35. The van der Waals surface area contributed by atoms with Crippen molar-refractivity contribution in [1.29, 1.82) is 0 Å². The lowest BCUT2D eigenvalue weighted by Gasteiger charge is -2.02. The second kappa shape index (κ2) is 3.54. The van der Waals surface area contributed by atoms with Crippen LogP contribution < -0.4 is 10.6 Å². The molecule has 1 nitrogen and oxygen atoms in total. The molecule has 1 heterocycles. The molecule has 1 aromatic carbocycles. The predicted octanol–water partition coefficient (Wildman–Crippen LogP) is 1.69. The maximum absolute atomic E-state index is 3.99. The molecule has 0 aliphatic carbocycles. The van der Waals surface area contributed by atoms with Crippen molar-refractivity contribution in [3.63, 3.8) is 0 Å². The van der Waals surface area contributed by atoms with Crippen LogP contribution in [0.2, 0.25) is 0 Å². The molecule has 2 rings (SSSR count). The number of para-hydroxylation sites is 1. The van der Waals surface area contributed by atoms with Gasteiger partial charge >= 0.3 is 0 Å². The molecule has 0 amide bonds. The minimum Gasteiger partial charge on any atom is -0.317 e. The number of rotatable bonds is 1. The standard InChI is InChI=1S/C13H13N/c1-3-13-11(2)9-10-14(13)12-7-5-4-6-8-12/h3-10H,2H2,1H3/b13-3+. The minimum absolute atomic E-state index is 1.07. The van der Waals surface area contributed by atoms with Gasteiger partial charge in [-0.25, -0.2) is 0 Å². The Morgan fingerprint density at radius 1 is 1.14 bits per heavy atom. The van der Waals surface area contributed by atoms with Crippen molar-refractivity contribution >= 4 is 12.7 Å². The summed E-state index contributed by atoms with van der Waals surface area (Å²) in [6, 6.07) is 12.3. The van der Waals surface area contributed by atoms with E-state index in [9.17, 15) is 0 Å². The van der Waals surface area contributed by atoms with Crippen LogP contribution in [0.25, 0.3) is 18.3 Å². The zero-order valence-electron chi connectivity index (χ0n) is 8.27. The van der Waals surface area contributed by atoms with Gasteiger partial charge in [0.15, 0.2) is 0 Å². The highest BCUT2D eigenvalue weighted by Crippen LogP contribution is 2.01. The molecule has 0 unspecified atom stereocenters. The van der Waals surface area contributed by atoms with Gasteiger partial charge in [0.25, 0.3) is 0 Å². The lowest BCUT2D eigenvalue weighted by atomic mass is 10.3. The van der Waals surface area contributed by atoms with Crippen LogP contribution in [0.4, 0.5) is 0 Å². The molecule has 0 bridgehead atoms. The zero-order chi connectivity index (χ0) is 9.97. The lowest BCUT2D eigenvalue weighted by molar-refractivity contribution is 1.03.